The van der Waals surface area contributed by atoms with E-state index in [2.05, 4.69) is 42.3 Å². The van der Waals surface area contributed by atoms with Crippen molar-refractivity contribution in [1.82, 2.24) is 25.2 Å². The molecule has 4 rings (SSSR count). The predicted molar refractivity (Wildman–Crippen MR) is 124 cm³/mol. The summed E-state index contributed by atoms with van der Waals surface area (Å²) in [5.74, 6) is 2.10. The van der Waals surface area contributed by atoms with Crippen LogP contribution in [0.25, 0.3) is 0 Å². The van der Waals surface area contributed by atoms with Crippen LogP contribution in [-0.4, -0.2) is 84.2 Å². The zero-order valence-corrected chi connectivity index (χ0v) is 18.8. The highest BCUT2D eigenvalue weighted by Gasteiger charge is 2.27. The van der Waals surface area contributed by atoms with E-state index in [9.17, 15) is 9.90 Å². The van der Waals surface area contributed by atoms with Crippen molar-refractivity contribution in [2.75, 3.05) is 68.5 Å². The molecule has 10 heteroatoms. The number of benzene rings is 1. The van der Waals surface area contributed by atoms with E-state index in [1.807, 2.05) is 19.2 Å². The Balaban J connectivity index is 1.35. The van der Waals surface area contributed by atoms with E-state index in [4.69, 9.17) is 4.98 Å². The first-order valence-electron chi connectivity index (χ1n) is 11.2. The number of hydrogen-bond donors (Lipinski definition) is 3. The summed E-state index contributed by atoms with van der Waals surface area (Å²) in [6.45, 7) is 5.51. The molecule has 3 heterocycles. The number of carbonyl (C=O) groups excluding carboxylic acids is 1. The number of nitrogens with zero attached hydrogens (tertiary/aromatic N) is 6. The van der Waals surface area contributed by atoms with Crippen molar-refractivity contribution in [3.8, 4) is 5.75 Å². The van der Waals surface area contributed by atoms with Gasteiger partial charge in [0.2, 0.25) is 23.8 Å². The number of phenols is 1. The summed E-state index contributed by atoms with van der Waals surface area (Å²) in [6.07, 6.45) is 1.47. The second kappa shape index (κ2) is 9.99. The summed E-state index contributed by atoms with van der Waals surface area (Å²) in [6, 6.07) is 7.07. The van der Waals surface area contributed by atoms with Gasteiger partial charge in [0, 0.05) is 64.3 Å². The number of rotatable bonds is 6. The minimum absolute atomic E-state index is 0.0255. The van der Waals surface area contributed by atoms with Crippen LogP contribution in [0.3, 0.4) is 0 Å². The van der Waals surface area contributed by atoms with Gasteiger partial charge in [-0.3, -0.25) is 4.79 Å². The van der Waals surface area contributed by atoms with Crippen LogP contribution in [0, 0.1) is 5.92 Å². The van der Waals surface area contributed by atoms with Crippen LogP contribution >= 0.6 is 0 Å². The number of aromatic nitrogens is 3. The van der Waals surface area contributed by atoms with E-state index in [0.717, 1.165) is 44.6 Å². The maximum atomic E-state index is 12.6. The smallest absolute Gasteiger partial charge is 0.232 e. The van der Waals surface area contributed by atoms with Crippen molar-refractivity contribution >= 4 is 23.8 Å². The van der Waals surface area contributed by atoms with Gasteiger partial charge in [-0.05, 0) is 26.0 Å². The highest BCUT2D eigenvalue weighted by atomic mass is 16.3. The summed E-state index contributed by atoms with van der Waals surface area (Å²) < 4.78 is 0. The highest BCUT2D eigenvalue weighted by molar-refractivity contribution is 5.79. The second-order valence-electron chi connectivity index (χ2n) is 8.41. The molecule has 10 nitrogen and oxygen atoms in total. The molecule has 2 aliphatic heterocycles. The van der Waals surface area contributed by atoms with E-state index in [1.54, 1.807) is 12.1 Å². The lowest BCUT2D eigenvalue weighted by Crippen LogP contribution is -2.45. The molecular formula is C22H32N8O2. The zero-order valence-electron chi connectivity index (χ0n) is 18.8. The molecule has 2 saturated heterocycles. The molecule has 0 saturated carbocycles. The van der Waals surface area contributed by atoms with Crippen molar-refractivity contribution in [2.45, 2.75) is 19.4 Å². The molecule has 0 radical (unpaired) electrons. The van der Waals surface area contributed by atoms with Gasteiger partial charge in [0.15, 0.2) is 0 Å². The van der Waals surface area contributed by atoms with Crippen LogP contribution in [0.2, 0.25) is 0 Å². The second-order valence-corrected chi connectivity index (χ2v) is 8.41. The number of para-hydroxylation sites is 1. The average molecular weight is 441 g/mol. The number of hydrogen-bond acceptors (Lipinski definition) is 9. The van der Waals surface area contributed by atoms with Crippen LogP contribution in [0.1, 0.15) is 18.4 Å². The van der Waals surface area contributed by atoms with Gasteiger partial charge in [-0.15, -0.1) is 0 Å². The first-order chi connectivity index (χ1) is 15.5. The van der Waals surface area contributed by atoms with Crippen molar-refractivity contribution in [3.05, 3.63) is 29.8 Å². The summed E-state index contributed by atoms with van der Waals surface area (Å²) >= 11 is 0. The Kier molecular flexibility index (Phi) is 6.89. The SMILES string of the molecule is CNc1nc(N2CCC(C(=O)NCc3ccccc3O)CC2)nc(N2CCN(C)CC2)n1. The Hall–Kier alpha value is -3.14. The molecule has 2 aliphatic rings. The molecule has 172 valence electrons. The standard InChI is InChI=1S/C22H32N8O2/c1-23-20-25-21(27-22(26-20)30-13-11-28(2)12-14-30)29-9-7-16(8-10-29)19(32)24-15-17-5-3-4-6-18(17)31/h3-6,16,31H,7-15H2,1-2H3,(H,24,32)(H,23,25,26,27). The van der Waals surface area contributed by atoms with Crippen molar-refractivity contribution in [3.63, 3.8) is 0 Å². The summed E-state index contributed by atoms with van der Waals surface area (Å²) in [5.41, 5.74) is 0.722. The summed E-state index contributed by atoms with van der Waals surface area (Å²) in [7, 11) is 3.94. The number of nitrogens with one attached hydrogen (secondary N) is 2. The van der Waals surface area contributed by atoms with Crippen LogP contribution in [0.5, 0.6) is 5.75 Å². The topological polar surface area (TPSA) is 110 Å². The van der Waals surface area contributed by atoms with Gasteiger partial charge in [0.1, 0.15) is 5.75 Å². The zero-order chi connectivity index (χ0) is 22.5. The third kappa shape index (κ3) is 5.18. The van der Waals surface area contributed by atoms with Gasteiger partial charge in [0.05, 0.1) is 0 Å². The Labute approximate surface area is 188 Å². The molecule has 3 N–H and O–H groups in total. The average Bonchev–Trinajstić information content (AvgIpc) is 2.83. The molecule has 2 fully saturated rings. The minimum atomic E-state index is -0.0557. The van der Waals surface area contributed by atoms with Gasteiger partial charge in [-0.25, -0.2) is 0 Å². The van der Waals surface area contributed by atoms with Gasteiger partial charge in [0.25, 0.3) is 0 Å². The lowest BCUT2D eigenvalue weighted by atomic mass is 9.96. The van der Waals surface area contributed by atoms with Gasteiger partial charge < -0.3 is 30.4 Å². The lowest BCUT2D eigenvalue weighted by molar-refractivity contribution is -0.125. The van der Waals surface area contributed by atoms with E-state index < -0.39 is 0 Å². The fraction of sp³-hybridized carbons (Fsp3) is 0.545. The number of piperidine rings is 1. The molecule has 2 aromatic rings. The molecule has 1 amide bonds. The van der Waals surface area contributed by atoms with Crippen LogP contribution in [0.4, 0.5) is 17.8 Å². The molecular weight excluding hydrogens is 408 g/mol. The van der Waals surface area contributed by atoms with E-state index in [-0.39, 0.29) is 17.6 Å². The largest absolute Gasteiger partial charge is 0.508 e. The Bertz CT molecular complexity index is 924. The highest BCUT2D eigenvalue weighted by Crippen LogP contribution is 2.24. The molecule has 1 aromatic carbocycles. The minimum Gasteiger partial charge on any atom is -0.508 e. The fourth-order valence-corrected chi connectivity index (χ4v) is 4.08. The number of anilines is 3. The van der Waals surface area contributed by atoms with E-state index in [0.29, 0.717) is 37.5 Å². The number of piperazine rings is 1. The molecule has 1 aromatic heterocycles. The normalized spacial score (nSPS) is 17.9. The number of aromatic hydroxyl groups is 1. The first kappa shape index (κ1) is 22.1. The maximum Gasteiger partial charge on any atom is 0.232 e. The van der Waals surface area contributed by atoms with E-state index in [1.165, 1.54) is 0 Å². The molecule has 0 bridgehead atoms. The predicted octanol–water partition coefficient (Wildman–Crippen LogP) is 0.904. The number of phenolic OH excluding ortho intramolecular Hbond substituents is 1. The monoisotopic (exact) mass is 440 g/mol. The molecule has 0 spiro atoms. The first-order valence-corrected chi connectivity index (χ1v) is 11.2. The van der Waals surface area contributed by atoms with Gasteiger partial charge >= 0.3 is 0 Å². The molecule has 0 aliphatic carbocycles. The quantitative estimate of drug-likeness (QED) is 0.604. The van der Waals surface area contributed by atoms with Crippen LogP contribution < -0.4 is 20.4 Å². The molecule has 0 atom stereocenters. The van der Waals surface area contributed by atoms with Gasteiger partial charge in [-0.1, -0.05) is 18.2 Å². The maximum absolute atomic E-state index is 12.6. The lowest BCUT2D eigenvalue weighted by Gasteiger charge is -2.34. The third-order valence-corrected chi connectivity index (χ3v) is 6.21. The Morgan fingerprint density at radius 1 is 1.00 bits per heavy atom. The summed E-state index contributed by atoms with van der Waals surface area (Å²) in [4.78, 5) is 33.2. The molecule has 0 unspecified atom stereocenters. The van der Waals surface area contributed by atoms with Crippen molar-refractivity contribution in [2.24, 2.45) is 5.92 Å². The van der Waals surface area contributed by atoms with Crippen LogP contribution in [-0.2, 0) is 11.3 Å². The number of amides is 1. The Morgan fingerprint density at radius 3 is 2.25 bits per heavy atom. The number of carbonyl (C=O) groups is 1. The summed E-state index contributed by atoms with van der Waals surface area (Å²) in [5, 5.41) is 15.9. The van der Waals surface area contributed by atoms with Crippen molar-refractivity contribution < 1.29 is 9.90 Å². The molecule has 32 heavy (non-hydrogen) atoms. The number of likely N-dealkylation sites (N-methyl/N-ethyl adjacent to an activating group) is 1. The fourth-order valence-electron chi connectivity index (χ4n) is 4.08. The van der Waals surface area contributed by atoms with Crippen molar-refractivity contribution in [1.29, 1.82) is 0 Å². The van der Waals surface area contributed by atoms with Crippen LogP contribution in [0.15, 0.2) is 24.3 Å². The third-order valence-electron chi connectivity index (χ3n) is 6.21. The van der Waals surface area contributed by atoms with E-state index >= 15 is 0 Å². The Morgan fingerprint density at radius 2 is 1.62 bits per heavy atom. The van der Waals surface area contributed by atoms with Gasteiger partial charge in [-0.2, -0.15) is 15.0 Å².